The average molecular weight is 260 g/mol. The third-order valence-electron chi connectivity index (χ3n) is 3.04. The average Bonchev–Trinajstić information content (AvgIpc) is 2.43. The summed E-state index contributed by atoms with van der Waals surface area (Å²) >= 11 is 0. The normalized spacial score (nSPS) is 20.5. The Bertz CT molecular complexity index is 510. The zero-order valence-corrected chi connectivity index (χ0v) is 11.0. The molecule has 1 aromatic carbocycles. The molecule has 0 aliphatic carbocycles. The molecule has 1 aliphatic heterocycles. The third-order valence-corrected chi connectivity index (χ3v) is 3.04. The largest absolute Gasteiger partial charge is 0.482 e. The number of amides is 1. The van der Waals surface area contributed by atoms with Crippen LogP contribution in [0, 0.1) is 11.3 Å². The van der Waals surface area contributed by atoms with Crippen LogP contribution in [0.25, 0.3) is 0 Å². The van der Waals surface area contributed by atoms with Gasteiger partial charge in [-0.25, -0.2) is 0 Å². The molecule has 1 heterocycles. The molecule has 2 rings (SSSR count). The quantitative estimate of drug-likeness (QED) is 0.774. The van der Waals surface area contributed by atoms with E-state index in [0.29, 0.717) is 18.0 Å². The van der Waals surface area contributed by atoms with Crippen LogP contribution in [0.1, 0.15) is 13.8 Å². The molecule has 1 amide bonds. The van der Waals surface area contributed by atoms with Gasteiger partial charge in [-0.3, -0.25) is 4.79 Å². The van der Waals surface area contributed by atoms with Crippen molar-refractivity contribution in [2.45, 2.75) is 26.1 Å². The number of carbonyl (C=O) groups excluding carboxylic acids is 1. The first-order valence-corrected chi connectivity index (χ1v) is 6.25. The molecular weight excluding hydrogens is 244 g/mol. The fraction of sp³-hybridized carbons (Fsp3) is 0.429. The summed E-state index contributed by atoms with van der Waals surface area (Å²) in [6.45, 7) is 4.15. The van der Waals surface area contributed by atoms with Gasteiger partial charge in [0.15, 0.2) is 11.5 Å². The van der Waals surface area contributed by atoms with Crippen molar-refractivity contribution in [2.24, 2.45) is 0 Å². The van der Waals surface area contributed by atoms with Crippen molar-refractivity contribution >= 4 is 5.91 Å². The van der Waals surface area contributed by atoms with Crippen LogP contribution in [0.2, 0.25) is 0 Å². The van der Waals surface area contributed by atoms with Crippen LogP contribution < -0.4 is 9.47 Å². The van der Waals surface area contributed by atoms with Crippen LogP contribution >= 0.6 is 0 Å². The monoisotopic (exact) mass is 260 g/mol. The van der Waals surface area contributed by atoms with E-state index in [1.807, 2.05) is 25.1 Å². The number of nitriles is 1. The number of nitrogens with zero attached hydrogens (tertiary/aromatic N) is 2. The highest BCUT2D eigenvalue weighted by Gasteiger charge is 2.36. The molecule has 100 valence electrons. The molecule has 0 spiro atoms. The highest BCUT2D eigenvalue weighted by molar-refractivity contribution is 5.82. The smallest absolute Gasteiger partial charge is 0.268 e. The van der Waals surface area contributed by atoms with Crippen LogP contribution in [0.3, 0.4) is 0 Å². The highest BCUT2D eigenvalue weighted by Crippen LogP contribution is 2.33. The van der Waals surface area contributed by atoms with Gasteiger partial charge in [0.25, 0.3) is 5.91 Å². The molecule has 0 saturated carbocycles. The molecule has 19 heavy (non-hydrogen) atoms. The van der Waals surface area contributed by atoms with Gasteiger partial charge in [-0.2, -0.15) is 5.26 Å². The Morgan fingerprint density at radius 1 is 1.37 bits per heavy atom. The van der Waals surface area contributed by atoms with E-state index < -0.39 is 6.10 Å². The standard InChI is InChI=1S/C14H16N2O3/c1-3-16(9-8-15)14(17)13-10(2)18-11-6-4-5-7-12(11)19-13/h4-7,10,13H,3,9H2,1-2H3. The molecule has 2 atom stereocenters. The second kappa shape index (κ2) is 5.61. The summed E-state index contributed by atoms with van der Waals surface area (Å²) in [4.78, 5) is 13.8. The Kier molecular flexibility index (Phi) is 3.91. The fourth-order valence-corrected chi connectivity index (χ4v) is 2.00. The lowest BCUT2D eigenvalue weighted by atomic mass is 10.1. The maximum Gasteiger partial charge on any atom is 0.268 e. The Labute approximate surface area is 112 Å². The van der Waals surface area contributed by atoms with Gasteiger partial charge in [-0.1, -0.05) is 12.1 Å². The molecule has 5 nitrogen and oxygen atoms in total. The molecule has 1 aliphatic rings. The van der Waals surface area contributed by atoms with Gasteiger partial charge >= 0.3 is 0 Å². The van der Waals surface area contributed by atoms with E-state index in [9.17, 15) is 4.79 Å². The Morgan fingerprint density at radius 3 is 2.58 bits per heavy atom. The van der Waals surface area contributed by atoms with Crippen LogP contribution in [0.15, 0.2) is 24.3 Å². The maximum absolute atomic E-state index is 12.3. The lowest BCUT2D eigenvalue weighted by Crippen LogP contribution is -2.50. The molecule has 0 aromatic heterocycles. The van der Waals surface area contributed by atoms with E-state index in [2.05, 4.69) is 0 Å². The van der Waals surface area contributed by atoms with Gasteiger partial charge < -0.3 is 14.4 Å². The summed E-state index contributed by atoms with van der Waals surface area (Å²) in [5, 5.41) is 8.72. The summed E-state index contributed by atoms with van der Waals surface area (Å²) in [6.07, 6.45) is -1.08. The van der Waals surface area contributed by atoms with Crippen LogP contribution in [-0.2, 0) is 4.79 Å². The Morgan fingerprint density at radius 2 is 2.00 bits per heavy atom. The van der Waals surface area contributed by atoms with Crippen molar-refractivity contribution in [3.05, 3.63) is 24.3 Å². The molecule has 0 N–H and O–H groups in total. The predicted octanol–water partition coefficient (Wildman–Crippen LogP) is 1.59. The van der Waals surface area contributed by atoms with Crippen LogP contribution in [0.5, 0.6) is 11.5 Å². The van der Waals surface area contributed by atoms with Gasteiger partial charge in [-0.05, 0) is 26.0 Å². The van der Waals surface area contributed by atoms with E-state index in [1.165, 1.54) is 4.90 Å². The molecule has 2 unspecified atom stereocenters. The number of carbonyl (C=O) groups is 1. The van der Waals surface area contributed by atoms with E-state index in [-0.39, 0.29) is 18.6 Å². The molecule has 0 radical (unpaired) electrons. The summed E-state index contributed by atoms with van der Waals surface area (Å²) in [5.74, 6) is 0.986. The SMILES string of the molecule is CCN(CC#N)C(=O)C1Oc2ccccc2OC1C. The Balaban J connectivity index is 2.18. The highest BCUT2D eigenvalue weighted by atomic mass is 16.6. The van der Waals surface area contributed by atoms with Crippen molar-refractivity contribution in [3.8, 4) is 17.6 Å². The lowest BCUT2D eigenvalue weighted by Gasteiger charge is -2.33. The number of ether oxygens (including phenoxy) is 2. The van der Waals surface area contributed by atoms with Crippen molar-refractivity contribution in [2.75, 3.05) is 13.1 Å². The van der Waals surface area contributed by atoms with Gasteiger partial charge in [0, 0.05) is 6.54 Å². The number of para-hydroxylation sites is 2. The van der Waals surface area contributed by atoms with E-state index >= 15 is 0 Å². The van der Waals surface area contributed by atoms with Crippen molar-refractivity contribution in [1.82, 2.24) is 4.90 Å². The second-order valence-corrected chi connectivity index (χ2v) is 4.32. The molecule has 1 aromatic rings. The number of rotatable bonds is 3. The van der Waals surface area contributed by atoms with E-state index in [0.717, 1.165) is 0 Å². The first kappa shape index (κ1) is 13.2. The summed E-state index contributed by atoms with van der Waals surface area (Å²) < 4.78 is 11.4. The number of fused-ring (bicyclic) bond motifs is 1. The lowest BCUT2D eigenvalue weighted by molar-refractivity contribution is -0.143. The number of hydrogen-bond acceptors (Lipinski definition) is 4. The minimum Gasteiger partial charge on any atom is -0.482 e. The number of likely N-dealkylation sites (N-methyl/N-ethyl adjacent to an activating group) is 1. The van der Waals surface area contributed by atoms with Crippen LogP contribution in [0.4, 0.5) is 0 Å². The fourth-order valence-electron chi connectivity index (χ4n) is 2.00. The topological polar surface area (TPSA) is 62.6 Å². The van der Waals surface area contributed by atoms with Gasteiger partial charge in [0.2, 0.25) is 6.10 Å². The zero-order valence-electron chi connectivity index (χ0n) is 11.0. The molecule has 0 fully saturated rings. The van der Waals surface area contributed by atoms with E-state index in [4.69, 9.17) is 14.7 Å². The minimum absolute atomic E-state index is 0.0591. The van der Waals surface area contributed by atoms with Crippen LogP contribution in [-0.4, -0.2) is 36.1 Å². The summed E-state index contributed by atoms with van der Waals surface area (Å²) in [5.41, 5.74) is 0. The van der Waals surface area contributed by atoms with Crippen molar-refractivity contribution < 1.29 is 14.3 Å². The third kappa shape index (κ3) is 2.63. The molecule has 5 heteroatoms. The molecule has 0 saturated heterocycles. The number of benzene rings is 1. The molecule has 0 bridgehead atoms. The zero-order chi connectivity index (χ0) is 13.8. The van der Waals surface area contributed by atoms with Crippen molar-refractivity contribution in [1.29, 1.82) is 5.26 Å². The first-order valence-electron chi connectivity index (χ1n) is 6.25. The maximum atomic E-state index is 12.3. The molecular formula is C14H16N2O3. The van der Waals surface area contributed by atoms with Crippen molar-refractivity contribution in [3.63, 3.8) is 0 Å². The first-order chi connectivity index (χ1) is 9.17. The summed E-state index contributed by atoms with van der Waals surface area (Å²) in [6, 6.07) is 9.23. The van der Waals surface area contributed by atoms with Gasteiger partial charge in [-0.15, -0.1) is 0 Å². The van der Waals surface area contributed by atoms with Gasteiger partial charge in [0.1, 0.15) is 12.6 Å². The second-order valence-electron chi connectivity index (χ2n) is 4.32. The predicted molar refractivity (Wildman–Crippen MR) is 68.8 cm³/mol. The van der Waals surface area contributed by atoms with E-state index in [1.54, 1.807) is 19.1 Å². The number of hydrogen-bond donors (Lipinski definition) is 0. The summed E-state index contributed by atoms with van der Waals surface area (Å²) in [7, 11) is 0. The Hall–Kier alpha value is -2.22. The minimum atomic E-state index is -0.705. The van der Waals surface area contributed by atoms with Gasteiger partial charge in [0.05, 0.1) is 6.07 Å².